The Hall–Kier alpha value is -0.400. The van der Waals surface area contributed by atoms with E-state index in [1.54, 1.807) is 7.11 Å². The van der Waals surface area contributed by atoms with Crippen LogP contribution >= 0.6 is 18.9 Å². The van der Waals surface area contributed by atoms with Gasteiger partial charge in [-0.1, -0.05) is 12.1 Å². The molecule has 0 spiro atoms. The van der Waals surface area contributed by atoms with Crippen LogP contribution in [-0.4, -0.2) is 27.0 Å². The third kappa shape index (κ3) is 3.88. The Balaban J connectivity index is 0.000000386. The van der Waals surface area contributed by atoms with E-state index in [2.05, 4.69) is 28.4 Å². The van der Waals surface area contributed by atoms with E-state index in [9.17, 15) is 0 Å². The lowest BCUT2D eigenvalue weighted by molar-refractivity contribution is 0.280. The second kappa shape index (κ2) is 7.81. The molecule has 0 aliphatic carbocycles. The van der Waals surface area contributed by atoms with E-state index < -0.39 is 0 Å². The van der Waals surface area contributed by atoms with Crippen molar-refractivity contribution in [2.75, 3.05) is 31.9 Å². The lowest BCUT2D eigenvalue weighted by Crippen LogP contribution is -2.33. The van der Waals surface area contributed by atoms with Crippen molar-refractivity contribution in [2.24, 2.45) is 0 Å². The molecule has 1 aliphatic rings. The molecule has 6 heteroatoms. The van der Waals surface area contributed by atoms with Crippen LogP contribution in [0.2, 0.25) is 0 Å². The summed E-state index contributed by atoms with van der Waals surface area (Å²) in [7, 11) is 5.93. The highest BCUT2D eigenvalue weighted by molar-refractivity contribution is 7.09. The third-order valence-corrected chi connectivity index (χ3v) is 2.20. The first-order valence-corrected chi connectivity index (χ1v) is 5.79. The molecule has 90 valence electrons. The molecule has 16 heavy (non-hydrogen) atoms. The first kappa shape index (κ1) is 13.7. The van der Waals surface area contributed by atoms with Crippen molar-refractivity contribution in [1.29, 1.82) is 0 Å². The quantitative estimate of drug-likeness (QED) is 0.763. The van der Waals surface area contributed by atoms with Crippen LogP contribution in [0.4, 0.5) is 5.69 Å². The van der Waals surface area contributed by atoms with Gasteiger partial charge in [-0.2, -0.15) is 0 Å². The van der Waals surface area contributed by atoms with Gasteiger partial charge in [-0.05, 0) is 21.6 Å². The van der Waals surface area contributed by atoms with E-state index in [4.69, 9.17) is 9.26 Å². The predicted octanol–water partition coefficient (Wildman–Crippen LogP) is 2.07. The Kier molecular flexibility index (Phi) is 6.67. The van der Waals surface area contributed by atoms with Gasteiger partial charge in [0.15, 0.2) is 0 Å². The lowest BCUT2D eigenvalue weighted by atomic mass is 10.2. The highest BCUT2D eigenvalue weighted by atomic mass is 31.0. The van der Waals surface area contributed by atoms with Gasteiger partial charge in [-0.3, -0.25) is 0 Å². The number of benzene rings is 1. The molecule has 0 bridgehead atoms. The van der Waals surface area contributed by atoms with Crippen molar-refractivity contribution in [3.8, 4) is 5.75 Å². The summed E-state index contributed by atoms with van der Waals surface area (Å²) in [5.41, 5.74) is 1.11. The second-order valence-electron chi connectivity index (χ2n) is 3.11. The Labute approximate surface area is 101 Å². The standard InChI is InChI=1S/C9H12NO2P.CH5OP/c13-12-7-10-5-6-11-9-4-2-1-3-8(9)10;1-2-3/h1-4H,5-7,13H2;3H2,1H3. The second-order valence-corrected chi connectivity index (χ2v) is 3.92. The largest absolute Gasteiger partial charge is 0.490 e. The number of hydrogen-bond donors (Lipinski definition) is 0. The average molecular weight is 261 g/mol. The fourth-order valence-electron chi connectivity index (χ4n) is 1.45. The summed E-state index contributed by atoms with van der Waals surface area (Å²) < 4.78 is 14.7. The van der Waals surface area contributed by atoms with Crippen molar-refractivity contribution in [1.82, 2.24) is 0 Å². The number of fused-ring (bicyclic) bond motifs is 1. The van der Waals surface area contributed by atoms with Crippen LogP contribution in [-0.2, 0) is 9.05 Å². The van der Waals surface area contributed by atoms with Crippen molar-refractivity contribution >= 4 is 24.6 Å². The van der Waals surface area contributed by atoms with Crippen LogP contribution < -0.4 is 9.64 Å². The molecule has 2 rings (SSSR count). The molecular weight excluding hydrogens is 244 g/mol. The van der Waals surface area contributed by atoms with Gasteiger partial charge in [0.2, 0.25) is 0 Å². The fraction of sp³-hybridized carbons (Fsp3) is 0.400. The highest BCUT2D eigenvalue weighted by Crippen LogP contribution is 2.30. The Bertz CT molecular complexity index is 312. The Morgan fingerprint density at radius 2 is 2.06 bits per heavy atom. The highest BCUT2D eigenvalue weighted by Gasteiger charge is 2.16. The van der Waals surface area contributed by atoms with Crippen LogP contribution in [0, 0.1) is 0 Å². The Morgan fingerprint density at radius 1 is 1.38 bits per heavy atom. The molecule has 1 aromatic rings. The summed E-state index contributed by atoms with van der Waals surface area (Å²) in [6, 6.07) is 8.00. The average Bonchev–Trinajstić information content (AvgIpc) is 2.31. The van der Waals surface area contributed by atoms with Gasteiger partial charge in [0, 0.05) is 16.6 Å². The topological polar surface area (TPSA) is 30.9 Å². The van der Waals surface area contributed by atoms with Gasteiger partial charge in [0.25, 0.3) is 0 Å². The summed E-state index contributed by atoms with van der Waals surface area (Å²) in [5.74, 6) is 0.941. The van der Waals surface area contributed by atoms with Crippen LogP contribution in [0.3, 0.4) is 0 Å². The van der Waals surface area contributed by atoms with Gasteiger partial charge in [-0.15, -0.1) is 0 Å². The zero-order valence-corrected chi connectivity index (χ0v) is 11.6. The molecule has 0 N–H and O–H groups in total. The SMILES string of the molecule is COP.POCN1CCOc2ccccc21. The number of para-hydroxylation sites is 2. The van der Waals surface area contributed by atoms with Gasteiger partial charge in [0.05, 0.1) is 12.2 Å². The maximum absolute atomic E-state index is 5.50. The molecule has 0 saturated carbocycles. The number of ether oxygens (including phenoxy) is 1. The van der Waals surface area contributed by atoms with E-state index in [1.807, 2.05) is 24.3 Å². The van der Waals surface area contributed by atoms with Crippen molar-refractivity contribution in [3.63, 3.8) is 0 Å². The Morgan fingerprint density at radius 3 is 2.75 bits per heavy atom. The molecule has 0 fully saturated rings. The first-order chi connectivity index (χ1) is 7.83. The van der Waals surface area contributed by atoms with E-state index in [-0.39, 0.29) is 0 Å². The minimum Gasteiger partial charge on any atom is -0.490 e. The maximum Gasteiger partial charge on any atom is 0.142 e. The summed E-state index contributed by atoms with van der Waals surface area (Å²) >= 11 is 0. The lowest BCUT2D eigenvalue weighted by Gasteiger charge is -2.30. The molecule has 0 aromatic heterocycles. The van der Waals surface area contributed by atoms with Crippen LogP contribution in [0.25, 0.3) is 0 Å². The number of rotatable bonds is 2. The molecular formula is C10H17NO3P2. The van der Waals surface area contributed by atoms with E-state index >= 15 is 0 Å². The summed E-state index contributed by atoms with van der Waals surface area (Å²) in [6.07, 6.45) is 0. The fourth-order valence-corrected chi connectivity index (χ4v) is 1.63. The maximum atomic E-state index is 5.50. The summed E-state index contributed by atoms with van der Waals surface area (Å²) in [6.45, 7) is 2.20. The summed E-state index contributed by atoms with van der Waals surface area (Å²) in [5, 5.41) is 0. The van der Waals surface area contributed by atoms with Gasteiger partial charge >= 0.3 is 0 Å². The van der Waals surface area contributed by atoms with Gasteiger partial charge in [0.1, 0.15) is 19.1 Å². The predicted molar refractivity (Wildman–Crippen MR) is 71.7 cm³/mol. The minimum atomic E-state index is 0.588. The number of nitrogens with zero attached hydrogens (tertiary/aromatic N) is 1. The van der Waals surface area contributed by atoms with Crippen LogP contribution in [0.1, 0.15) is 0 Å². The van der Waals surface area contributed by atoms with Crippen molar-refractivity contribution in [3.05, 3.63) is 24.3 Å². The molecule has 4 nitrogen and oxygen atoms in total. The van der Waals surface area contributed by atoms with Crippen molar-refractivity contribution < 1.29 is 13.8 Å². The molecule has 2 unspecified atom stereocenters. The van der Waals surface area contributed by atoms with Crippen molar-refractivity contribution in [2.45, 2.75) is 0 Å². The zero-order chi connectivity index (χ0) is 11.8. The molecule has 0 amide bonds. The molecule has 1 aliphatic heterocycles. The van der Waals surface area contributed by atoms with Gasteiger partial charge < -0.3 is 18.7 Å². The smallest absolute Gasteiger partial charge is 0.142 e. The number of anilines is 1. The zero-order valence-electron chi connectivity index (χ0n) is 9.26. The molecule has 0 radical (unpaired) electrons. The molecule has 0 saturated heterocycles. The summed E-state index contributed by atoms with van der Waals surface area (Å²) in [4.78, 5) is 2.14. The van der Waals surface area contributed by atoms with Crippen LogP contribution in [0.15, 0.2) is 24.3 Å². The minimum absolute atomic E-state index is 0.588. The van der Waals surface area contributed by atoms with E-state index in [0.717, 1.165) is 24.6 Å². The van der Waals surface area contributed by atoms with E-state index in [0.29, 0.717) is 6.73 Å². The normalized spacial score (nSPS) is 13.3. The molecule has 1 aromatic carbocycles. The molecule has 1 heterocycles. The number of hydrogen-bond acceptors (Lipinski definition) is 4. The van der Waals surface area contributed by atoms with Crippen LogP contribution in [0.5, 0.6) is 5.75 Å². The first-order valence-electron chi connectivity index (χ1n) is 4.84. The molecule has 2 atom stereocenters. The van der Waals surface area contributed by atoms with E-state index in [1.165, 1.54) is 0 Å². The third-order valence-electron chi connectivity index (χ3n) is 2.06. The van der Waals surface area contributed by atoms with Gasteiger partial charge in [-0.25, -0.2) is 0 Å². The monoisotopic (exact) mass is 261 g/mol.